The van der Waals surface area contributed by atoms with Crippen molar-refractivity contribution in [2.24, 2.45) is 0 Å². The summed E-state index contributed by atoms with van der Waals surface area (Å²) in [6, 6.07) is 13.1. The maximum atomic E-state index is 13.6. The monoisotopic (exact) mass is 770 g/mol. The van der Waals surface area contributed by atoms with Crippen molar-refractivity contribution in [3.05, 3.63) is 77.1 Å². The number of carbonyl (C=O) groups excluding carboxylic acids is 2. The molecule has 0 unspecified atom stereocenters. The Labute approximate surface area is 329 Å². The predicted molar refractivity (Wildman–Crippen MR) is 215 cm³/mol. The number of benzene rings is 1. The second kappa shape index (κ2) is 18.2. The van der Waals surface area contributed by atoms with E-state index in [1.54, 1.807) is 6.07 Å². The van der Waals surface area contributed by atoms with E-state index in [2.05, 4.69) is 86.7 Å². The minimum Gasteiger partial charge on any atom is -0.484 e. The van der Waals surface area contributed by atoms with Gasteiger partial charge in [-0.05, 0) is 69.8 Å². The topological polar surface area (TPSA) is 179 Å². The van der Waals surface area contributed by atoms with Gasteiger partial charge in [-0.25, -0.2) is 14.8 Å². The SMILES string of the molecule is CCC(CC)c1nnc2ccc(O[C@@H]3CC[C@H](NC(=O)Nc4cc(C(C)(C)C)nc(C(=O)NCC(C)(C)N5CCN(C)CC5)n4)c4ccccc43)cn12.O=CO. The van der Waals surface area contributed by atoms with Crippen LogP contribution in [-0.4, -0.2) is 103 Å². The van der Waals surface area contributed by atoms with Gasteiger partial charge in [-0.2, -0.15) is 0 Å². The van der Waals surface area contributed by atoms with E-state index in [1.807, 2.05) is 61.7 Å². The molecular weight excluding hydrogens is 713 g/mol. The van der Waals surface area contributed by atoms with Crippen LogP contribution in [0.25, 0.3) is 5.65 Å². The van der Waals surface area contributed by atoms with Crippen molar-refractivity contribution in [3.63, 3.8) is 0 Å². The lowest BCUT2D eigenvalue weighted by Crippen LogP contribution is -2.57. The molecule has 15 nitrogen and oxygen atoms in total. The van der Waals surface area contributed by atoms with Crippen LogP contribution in [0.1, 0.15) is 125 Å². The maximum absolute atomic E-state index is 13.6. The third-order valence-electron chi connectivity index (χ3n) is 10.8. The van der Waals surface area contributed by atoms with Gasteiger partial charge in [0.05, 0.1) is 17.9 Å². The molecule has 56 heavy (non-hydrogen) atoms. The highest BCUT2D eigenvalue weighted by Gasteiger charge is 2.32. The molecule has 4 N–H and O–H groups in total. The predicted octanol–water partition coefficient (Wildman–Crippen LogP) is 5.95. The van der Waals surface area contributed by atoms with E-state index in [0.29, 0.717) is 31.0 Å². The zero-order chi connectivity index (χ0) is 40.6. The fraction of sp³-hybridized carbons (Fsp3) is 0.537. The van der Waals surface area contributed by atoms with Gasteiger partial charge >= 0.3 is 6.03 Å². The minimum absolute atomic E-state index is 0.0293. The first-order valence-electron chi connectivity index (χ1n) is 19.5. The van der Waals surface area contributed by atoms with E-state index in [-0.39, 0.29) is 47.1 Å². The van der Waals surface area contributed by atoms with E-state index < -0.39 is 6.03 Å². The number of piperazine rings is 1. The van der Waals surface area contributed by atoms with Crippen molar-refractivity contribution in [1.29, 1.82) is 0 Å². The number of hydrogen-bond acceptors (Lipinski definition) is 10. The highest BCUT2D eigenvalue weighted by atomic mass is 16.5. The first-order valence-corrected chi connectivity index (χ1v) is 19.5. The number of nitrogens with zero attached hydrogens (tertiary/aromatic N) is 7. The van der Waals surface area contributed by atoms with Crippen LogP contribution in [0.4, 0.5) is 10.6 Å². The quantitative estimate of drug-likeness (QED) is 0.132. The zero-order valence-corrected chi connectivity index (χ0v) is 34.0. The van der Waals surface area contributed by atoms with Gasteiger partial charge in [0.1, 0.15) is 23.5 Å². The Balaban J connectivity index is 0.00000194. The number of aromatic nitrogens is 5. The van der Waals surface area contributed by atoms with Gasteiger partial charge in [0, 0.05) is 55.7 Å². The van der Waals surface area contributed by atoms with Crippen molar-refractivity contribution in [1.82, 2.24) is 45.0 Å². The number of likely N-dealkylation sites (N-methyl/N-ethyl adjacent to an activating group) is 1. The second-order valence-corrected chi connectivity index (χ2v) is 16.2. The number of amides is 3. The maximum Gasteiger partial charge on any atom is 0.320 e. The molecule has 3 aromatic heterocycles. The molecule has 4 heterocycles. The Hall–Kier alpha value is -5.15. The first-order chi connectivity index (χ1) is 26.7. The molecule has 0 radical (unpaired) electrons. The van der Waals surface area contributed by atoms with Crippen molar-refractivity contribution in [2.45, 2.75) is 103 Å². The summed E-state index contributed by atoms with van der Waals surface area (Å²) in [4.78, 5) is 49.2. The summed E-state index contributed by atoms with van der Waals surface area (Å²) in [5.41, 5.74) is 2.88. The highest BCUT2D eigenvalue weighted by Crippen LogP contribution is 2.39. The van der Waals surface area contributed by atoms with Gasteiger partial charge < -0.3 is 25.4 Å². The average molecular weight is 771 g/mol. The largest absolute Gasteiger partial charge is 0.484 e. The van der Waals surface area contributed by atoms with Gasteiger partial charge in [0.15, 0.2) is 5.65 Å². The molecule has 1 fully saturated rings. The molecule has 15 heteroatoms. The minimum atomic E-state index is -0.405. The summed E-state index contributed by atoms with van der Waals surface area (Å²) in [5, 5.41) is 24.9. The number of hydrogen-bond donors (Lipinski definition) is 4. The number of carboxylic acid groups (broad SMARTS) is 1. The summed E-state index contributed by atoms with van der Waals surface area (Å²) < 4.78 is 8.65. The van der Waals surface area contributed by atoms with Crippen LogP contribution in [0.3, 0.4) is 0 Å². The standard InChI is InChI=1S/C40H56N10O3.CH2O2/c1-9-26(10-2)36-47-46-34-18-15-27(24-50(34)36)53-31-17-16-30(28-13-11-12-14-29(28)31)42-38(52)45-33-23-32(39(3,4)5)43-35(44-33)37(51)41-25-40(6,7)49-21-19-48(8)20-22-49;2-1-3/h11-15,18,23-24,26,30-31H,9-10,16-17,19-22,25H2,1-8H3,(H,41,51)(H2,42,43,44,45,52);1H,(H,2,3)/t30-,31+;/m0./s1. The van der Waals surface area contributed by atoms with Crippen LogP contribution < -0.4 is 20.7 Å². The van der Waals surface area contributed by atoms with Gasteiger partial charge in [-0.3, -0.25) is 24.2 Å². The van der Waals surface area contributed by atoms with E-state index in [4.69, 9.17) is 14.6 Å². The molecule has 0 spiro atoms. The van der Waals surface area contributed by atoms with Crippen molar-refractivity contribution >= 4 is 29.9 Å². The molecule has 3 amide bonds. The molecule has 6 rings (SSSR count). The number of urea groups is 1. The molecule has 1 aliphatic carbocycles. The summed E-state index contributed by atoms with van der Waals surface area (Å²) >= 11 is 0. The third kappa shape index (κ3) is 10.2. The van der Waals surface area contributed by atoms with E-state index in [9.17, 15) is 9.59 Å². The number of rotatable bonds is 11. The number of pyridine rings is 1. The number of anilines is 1. The summed E-state index contributed by atoms with van der Waals surface area (Å²) in [5.74, 6) is 1.95. The van der Waals surface area contributed by atoms with E-state index >= 15 is 0 Å². The highest BCUT2D eigenvalue weighted by molar-refractivity contribution is 5.92. The molecule has 0 bridgehead atoms. The Morgan fingerprint density at radius 3 is 2.30 bits per heavy atom. The van der Waals surface area contributed by atoms with Gasteiger partial charge in [0.25, 0.3) is 12.4 Å². The Kier molecular flexibility index (Phi) is 13.6. The van der Waals surface area contributed by atoms with Crippen LogP contribution in [0.15, 0.2) is 48.7 Å². The first kappa shape index (κ1) is 42.0. The lowest BCUT2D eigenvalue weighted by molar-refractivity contribution is -0.122. The van der Waals surface area contributed by atoms with Crippen molar-refractivity contribution < 1.29 is 24.2 Å². The zero-order valence-electron chi connectivity index (χ0n) is 34.0. The number of ether oxygens (including phenoxy) is 1. The van der Waals surface area contributed by atoms with Crippen LogP contribution >= 0.6 is 0 Å². The van der Waals surface area contributed by atoms with Crippen molar-refractivity contribution in [3.8, 4) is 5.75 Å². The molecule has 2 atom stereocenters. The average Bonchev–Trinajstić information content (AvgIpc) is 3.58. The van der Waals surface area contributed by atoms with Crippen LogP contribution in [0, 0.1) is 0 Å². The lowest BCUT2D eigenvalue weighted by Gasteiger charge is -2.43. The van der Waals surface area contributed by atoms with Gasteiger partial charge in [-0.1, -0.05) is 58.9 Å². The van der Waals surface area contributed by atoms with Gasteiger partial charge in [0.2, 0.25) is 5.82 Å². The molecule has 1 saturated heterocycles. The smallest absolute Gasteiger partial charge is 0.320 e. The normalized spacial score (nSPS) is 17.7. The third-order valence-corrected chi connectivity index (χ3v) is 10.8. The number of nitrogens with one attached hydrogen (secondary N) is 3. The molecule has 1 aliphatic heterocycles. The Bertz CT molecular complexity index is 1960. The summed E-state index contributed by atoms with van der Waals surface area (Å²) in [7, 11) is 2.13. The van der Waals surface area contributed by atoms with E-state index in [1.165, 1.54) is 0 Å². The number of carbonyl (C=O) groups is 3. The molecular formula is C41H58N10O5. The Morgan fingerprint density at radius 1 is 0.964 bits per heavy atom. The fourth-order valence-corrected chi connectivity index (χ4v) is 7.28. The molecule has 0 saturated carbocycles. The lowest BCUT2D eigenvalue weighted by atomic mass is 9.85. The second-order valence-electron chi connectivity index (χ2n) is 16.2. The molecule has 4 aromatic rings. The number of fused-ring (bicyclic) bond motifs is 2. The van der Waals surface area contributed by atoms with Crippen LogP contribution in [0.5, 0.6) is 5.75 Å². The summed E-state index contributed by atoms with van der Waals surface area (Å²) in [6.45, 7) is 18.7. The van der Waals surface area contributed by atoms with E-state index in [0.717, 1.165) is 67.4 Å². The van der Waals surface area contributed by atoms with Crippen LogP contribution in [0.2, 0.25) is 0 Å². The molecule has 302 valence electrons. The summed E-state index contributed by atoms with van der Waals surface area (Å²) in [6.07, 6.45) is 5.16. The van der Waals surface area contributed by atoms with Gasteiger partial charge in [-0.15, -0.1) is 10.2 Å². The van der Waals surface area contributed by atoms with Crippen LogP contribution in [-0.2, 0) is 10.2 Å². The molecule has 1 aromatic carbocycles. The van der Waals surface area contributed by atoms with Crippen molar-refractivity contribution in [2.75, 3.05) is 45.1 Å². The fourth-order valence-electron chi connectivity index (χ4n) is 7.28. The molecule has 2 aliphatic rings. The Morgan fingerprint density at radius 2 is 1.64 bits per heavy atom.